The summed E-state index contributed by atoms with van der Waals surface area (Å²) in [6.45, 7) is 7.74. The third kappa shape index (κ3) is 3.13. The summed E-state index contributed by atoms with van der Waals surface area (Å²) in [5.74, 6) is 0.0610. The molecule has 0 spiro atoms. The number of hydrogen-bond donors (Lipinski definition) is 1. The SMILES string of the molecule is CC(C)(C)CCN1Cc2c(ccc3c2cnn3C(N)=O)C[CH]C1=O. The van der Waals surface area contributed by atoms with Gasteiger partial charge in [0.1, 0.15) is 0 Å². The number of benzene rings is 1. The Morgan fingerprint density at radius 1 is 1.33 bits per heavy atom. The molecule has 0 saturated carbocycles. The van der Waals surface area contributed by atoms with Crippen molar-refractivity contribution >= 4 is 22.8 Å². The molecule has 1 aliphatic heterocycles. The highest BCUT2D eigenvalue weighted by molar-refractivity contribution is 5.93. The molecule has 0 aliphatic carbocycles. The largest absolute Gasteiger partial charge is 0.350 e. The number of carbonyl (C=O) groups is 2. The number of fused-ring (bicyclic) bond motifs is 3. The number of amides is 2. The third-order valence-corrected chi connectivity index (χ3v) is 4.46. The van der Waals surface area contributed by atoms with Crippen LogP contribution in [0.3, 0.4) is 0 Å². The van der Waals surface area contributed by atoms with Crippen LogP contribution in [0.15, 0.2) is 18.3 Å². The smallest absolute Gasteiger partial charge is 0.340 e. The van der Waals surface area contributed by atoms with Crippen LogP contribution in [0.2, 0.25) is 0 Å². The predicted molar refractivity (Wildman–Crippen MR) is 92.2 cm³/mol. The van der Waals surface area contributed by atoms with Crippen LogP contribution in [0.5, 0.6) is 0 Å². The summed E-state index contributed by atoms with van der Waals surface area (Å²) < 4.78 is 1.20. The van der Waals surface area contributed by atoms with Crippen molar-refractivity contribution in [3.63, 3.8) is 0 Å². The van der Waals surface area contributed by atoms with Gasteiger partial charge in [-0.25, -0.2) is 4.79 Å². The van der Waals surface area contributed by atoms with Crippen molar-refractivity contribution in [1.82, 2.24) is 14.7 Å². The molecular formula is C18H23N4O2. The van der Waals surface area contributed by atoms with Crippen molar-refractivity contribution in [2.75, 3.05) is 6.54 Å². The van der Waals surface area contributed by atoms with Crippen LogP contribution in [-0.4, -0.2) is 33.2 Å². The summed E-state index contributed by atoms with van der Waals surface area (Å²) in [4.78, 5) is 25.8. The molecule has 2 heterocycles. The summed E-state index contributed by atoms with van der Waals surface area (Å²) in [5, 5.41) is 4.98. The maximum Gasteiger partial charge on any atom is 0.340 e. The summed E-state index contributed by atoms with van der Waals surface area (Å²) >= 11 is 0. The number of primary amides is 1. The second-order valence-electron chi connectivity index (χ2n) is 7.51. The molecule has 0 atom stereocenters. The second-order valence-corrected chi connectivity index (χ2v) is 7.51. The van der Waals surface area contributed by atoms with E-state index in [1.54, 1.807) is 12.6 Å². The lowest BCUT2D eigenvalue weighted by Crippen LogP contribution is -2.32. The zero-order valence-corrected chi connectivity index (χ0v) is 14.4. The van der Waals surface area contributed by atoms with Crippen LogP contribution in [0.25, 0.3) is 10.9 Å². The fourth-order valence-corrected chi connectivity index (χ4v) is 3.01. The van der Waals surface area contributed by atoms with Gasteiger partial charge in [-0.3, -0.25) is 4.79 Å². The normalized spacial score (nSPS) is 15.5. The molecule has 6 nitrogen and oxygen atoms in total. The van der Waals surface area contributed by atoms with E-state index in [0.717, 1.165) is 22.9 Å². The van der Waals surface area contributed by atoms with Crippen molar-refractivity contribution in [2.45, 2.75) is 40.2 Å². The molecule has 24 heavy (non-hydrogen) atoms. The van der Waals surface area contributed by atoms with Gasteiger partial charge in [0.25, 0.3) is 0 Å². The van der Waals surface area contributed by atoms with Gasteiger partial charge in [-0.05, 0) is 35.4 Å². The molecule has 0 fully saturated rings. The quantitative estimate of drug-likeness (QED) is 0.920. The molecule has 2 N–H and O–H groups in total. The Morgan fingerprint density at radius 3 is 2.75 bits per heavy atom. The minimum atomic E-state index is -0.606. The molecule has 1 aromatic heterocycles. The Balaban J connectivity index is 1.98. The molecule has 1 aliphatic rings. The third-order valence-electron chi connectivity index (χ3n) is 4.46. The molecule has 6 heteroatoms. The lowest BCUT2D eigenvalue weighted by Gasteiger charge is -2.26. The Hall–Kier alpha value is -2.37. The number of nitrogens with two attached hydrogens (primary N) is 1. The minimum Gasteiger partial charge on any atom is -0.350 e. The summed E-state index contributed by atoms with van der Waals surface area (Å²) in [5.41, 5.74) is 8.37. The van der Waals surface area contributed by atoms with Gasteiger partial charge in [0.05, 0.1) is 18.1 Å². The fraction of sp³-hybridized carbons (Fsp3) is 0.444. The van der Waals surface area contributed by atoms with Crippen molar-refractivity contribution in [3.8, 4) is 0 Å². The average Bonchev–Trinajstić information content (AvgIpc) is 2.86. The van der Waals surface area contributed by atoms with E-state index in [0.29, 0.717) is 25.0 Å². The van der Waals surface area contributed by atoms with Crippen LogP contribution < -0.4 is 5.73 Å². The topological polar surface area (TPSA) is 81.2 Å². The molecule has 2 amide bonds. The van der Waals surface area contributed by atoms with E-state index in [9.17, 15) is 9.59 Å². The fourth-order valence-electron chi connectivity index (χ4n) is 3.01. The first-order valence-electron chi connectivity index (χ1n) is 8.17. The van der Waals surface area contributed by atoms with Gasteiger partial charge in [-0.2, -0.15) is 9.78 Å². The highest BCUT2D eigenvalue weighted by Gasteiger charge is 2.25. The van der Waals surface area contributed by atoms with Crippen molar-refractivity contribution in [1.29, 1.82) is 0 Å². The van der Waals surface area contributed by atoms with Gasteiger partial charge in [0.15, 0.2) is 0 Å². The first-order chi connectivity index (χ1) is 11.3. The molecule has 3 rings (SSSR count). The van der Waals surface area contributed by atoms with E-state index in [-0.39, 0.29) is 11.3 Å². The van der Waals surface area contributed by atoms with E-state index >= 15 is 0 Å². The summed E-state index contributed by atoms with van der Waals surface area (Å²) in [7, 11) is 0. The van der Waals surface area contributed by atoms with Crippen LogP contribution in [0.4, 0.5) is 4.79 Å². The van der Waals surface area contributed by atoms with Gasteiger partial charge in [-0.15, -0.1) is 0 Å². The molecule has 1 aromatic carbocycles. The first kappa shape index (κ1) is 16.5. The Kier molecular flexibility index (Phi) is 4.07. The molecular weight excluding hydrogens is 304 g/mol. The molecule has 0 unspecified atom stereocenters. The van der Waals surface area contributed by atoms with Crippen LogP contribution in [0.1, 0.15) is 38.3 Å². The van der Waals surface area contributed by atoms with Gasteiger partial charge < -0.3 is 10.6 Å². The molecule has 127 valence electrons. The second kappa shape index (κ2) is 5.92. The van der Waals surface area contributed by atoms with Crippen LogP contribution in [-0.2, 0) is 17.8 Å². The molecule has 0 saturated heterocycles. The van der Waals surface area contributed by atoms with Gasteiger partial charge in [0, 0.05) is 18.5 Å². The molecule has 1 radical (unpaired) electrons. The lowest BCUT2D eigenvalue weighted by atomic mass is 9.92. The number of carbonyl (C=O) groups excluding carboxylic acids is 2. The molecule has 2 aromatic rings. The number of hydrogen-bond acceptors (Lipinski definition) is 3. The standard InChI is InChI=1S/C18H23N4O2/c1-18(2,3)8-9-21-11-14-12(5-7-16(21)23)4-6-15-13(14)10-20-22(15)17(19)24/h4,6-7,10H,5,8-9,11H2,1-3H3,(H2,19,24). The maximum atomic E-state index is 12.4. The van der Waals surface area contributed by atoms with E-state index < -0.39 is 6.03 Å². The minimum absolute atomic E-state index is 0.0610. The average molecular weight is 327 g/mol. The number of aromatic nitrogens is 2. The molecule has 0 bridgehead atoms. The van der Waals surface area contributed by atoms with E-state index in [1.165, 1.54) is 4.68 Å². The van der Waals surface area contributed by atoms with Gasteiger partial charge in [0.2, 0.25) is 5.91 Å². The first-order valence-corrected chi connectivity index (χ1v) is 8.17. The highest BCUT2D eigenvalue weighted by Crippen LogP contribution is 2.28. The number of nitrogens with zero attached hydrogens (tertiary/aromatic N) is 3. The van der Waals surface area contributed by atoms with Crippen molar-refractivity contribution in [3.05, 3.63) is 35.9 Å². The van der Waals surface area contributed by atoms with Crippen LogP contribution >= 0.6 is 0 Å². The van der Waals surface area contributed by atoms with Gasteiger partial charge in [-0.1, -0.05) is 26.8 Å². The van der Waals surface area contributed by atoms with Crippen molar-refractivity contribution in [2.24, 2.45) is 11.1 Å². The summed E-state index contributed by atoms with van der Waals surface area (Å²) in [6.07, 6.45) is 4.92. The predicted octanol–water partition coefficient (Wildman–Crippen LogP) is 2.49. The number of rotatable bonds is 2. The lowest BCUT2D eigenvalue weighted by molar-refractivity contribution is -0.128. The monoisotopic (exact) mass is 327 g/mol. The highest BCUT2D eigenvalue weighted by atomic mass is 16.2. The zero-order chi connectivity index (χ0) is 17.5. The summed E-state index contributed by atoms with van der Waals surface area (Å²) in [6, 6.07) is 3.19. The Bertz CT molecular complexity index is 801. The van der Waals surface area contributed by atoms with E-state index in [1.807, 2.05) is 17.0 Å². The Labute approximate surface area is 141 Å². The maximum absolute atomic E-state index is 12.4. The van der Waals surface area contributed by atoms with Gasteiger partial charge >= 0.3 is 6.03 Å². The van der Waals surface area contributed by atoms with E-state index in [2.05, 4.69) is 25.9 Å². The van der Waals surface area contributed by atoms with E-state index in [4.69, 9.17) is 5.73 Å². The van der Waals surface area contributed by atoms with Crippen LogP contribution in [0, 0.1) is 11.8 Å². The zero-order valence-electron chi connectivity index (χ0n) is 14.4. The van der Waals surface area contributed by atoms with Crippen molar-refractivity contribution < 1.29 is 9.59 Å². The Morgan fingerprint density at radius 2 is 2.08 bits per heavy atom.